The molecule has 0 aliphatic heterocycles. The molecule has 1 atom stereocenters. The van der Waals surface area contributed by atoms with E-state index in [0.29, 0.717) is 18.1 Å². The first-order valence-electron chi connectivity index (χ1n) is 6.28. The third kappa shape index (κ3) is 6.16. The van der Waals surface area contributed by atoms with Crippen LogP contribution in [0.1, 0.15) is 47.5 Å². The Kier molecular flexibility index (Phi) is 7.20. The summed E-state index contributed by atoms with van der Waals surface area (Å²) in [6, 6.07) is 2.03. The molecule has 0 radical (unpaired) electrons. The van der Waals surface area contributed by atoms with Gasteiger partial charge in [-0.15, -0.1) is 0 Å². The predicted molar refractivity (Wildman–Crippen MR) is 69.4 cm³/mol. The molecule has 0 amide bonds. The molecule has 0 aromatic carbocycles. The van der Waals surface area contributed by atoms with Crippen LogP contribution in [0, 0.1) is 0 Å². The summed E-state index contributed by atoms with van der Waals surface area (Å²) in [5, 5.41) is 0. The van der Waals surface area contributed by atoms with Crippen LogP contribution in [0.4, 0.5) is 0 Å². The van der Waals surface area contributed by atoms with E-state index in [-0.39, 0.29) is 0 Å². The average Bonchev–Trinajstić information content (AvgIpc) is 2.10. The van der Waals surface area contributed by atoms with Crippen LogP contribution in [0.15, 0.2) is 0 Å². The summed E-state index contributed by atoms with van der Waals surface area (Å²) < 4.78 is 0. The lowest BCUT2D eigenvalue weighted by molar-refractivity contribution is 0.165. The van der Waals surface area contributed by atoms with Crippen LogP contribution < -0.4 is 0 Å². The minimum absolute atomic E-state index is 0.666. The van der Waals surface area contributed by atoms with Gasteiger partial charge >= 0.3 is 0 Å². The number of hydrogen-bond acceptors (Lipinski definition) is 2. The second-order valence-electron chi connectivity index (χ2n) is 5.38. The summed E-state index contributed by atoms with van der Waals surface area (Å²) in [5.74, 6) is 0. The molecule has 0 spiro atoms. The van der Waals surface area contributed by atoms with Gasteiger partial charge in [0.05, 0.1) is 0 Å². The van der Waals surface area contributed by atoms with E-state index in [0.717, 1.165) is 0 Å². The van der Waals surface area contributed by atoms with Gasteiger partial charge in [-0.25, -0.2) is 0 Å². The van der Waals surface area contributed by atoms with E-state index < -0.39 is 0 Å². The summed E-state index contributed by atoms with van der Waals surface area (Å²) in [6.45, 7) is 12.7. The van der Waals surface area contributed by atoms with E-state index in [2.05, 4.69) is 58.5 Å². The Bertz CT molecular complexity index is 145. The molecule has 2 heteroatoms. The molecule has 0 aromatic rings. The first-order valence-corrected chi connectivity index (χ1v) is 6.28. The minimum atomic E-state index is 0.666. The third-order valence-corrected chi connectivity index (χ3v) is 3.25. The molecule has 0 heterocycles. The van der Waals surface area contributed by atoms with Crippen molar-refractivity contribution >= 4 is 0 Å². The quantitative estimate of drug-likeness (QED) is 0.643. The molecule has 0 aliphatic carbocycles. The molecule has 15 heavy (non-hydrogen) atoms. The Hall–Kier alpha value is -0.0800. The van der Waals surface area contributed by atoms with Gasteiger partial charge < -0.3 is 4.90 Å². The second kappa shape index (κ2) is 7.24. The third-order valence-electron chi connectivity index (χ3n) is 3.25. The minimum Gasteiger partial charge on any atom is -0.307 e. The van der Waals surface area contributed by atoms with Crippen molar-refractivity contribution in [3.05, 3.63) is 0 Å². The molecule has 2 nitrogen and oxygen atoms in total. The van der Waals surface area contributed by atoms with Crippen LogP contribution in [0.25, 0.3) is 0 Å². The Morgan fingerprint density at radius 2 is 1.33 bits per heavy atom. The first-order chi connectivity index (χ1) is 6.86. The molecule has 1 unspecified atom stereocenters. The largest absolute Gasteiger partial charge is 0.307 e. The van der Waals surface area contributed by atoms with Crippen LogP contribution in [0.2, 0.25) is 0 Å². The standard InChI is InChI=1S/C13H30N2/c1-11(2)15(12(3)4)10-8-9-13(5)14(6)7/h11-13H,8-10H2,1-7H3. The summed E-state index contributed by atoms with van der Waals surface area (Å²) >= 11 is 0. The van der Waals surface area contributed by atoms with Crippen LogP contribution in [-0.2, 0) is 0 Å². The monoisotopic (exact) mass is 214 g/mol. The second-order valence-corrected chi connectivity index (χ2v) is 5.38. The van der Waals surface area contributed by atoms with E-state index in [1.165, 1.54) is 19.4 Å². The van der Waals surface area contributed by atoms with Crippen molar-refractivity contribution in [2.75, 3.05) is 20.6 Å². The molecule has 0 aromatic heterocycles. The van der Waals surface area contributed by atoms with Crippen molar-refractivity contribution in [3.63, 3.8) is 0 Å². The highest BCUT2D eigenvalue weighted by atomic mass is 15.2. The SMILES string of the molecule is CC(CCCN(C(C)C)C(C)C)N(C)C. The van der Waals surface area contributed by atoms with Gasteiger partial charge in [0.2, 0.25) is 0 Å². The van der Waals surface area contributed by atoms with Crippen molar-refractivity contribution < 1.29 is 0 Å². The number of nitrogens with zero attached hydrogens (tertiary/aromatic N) is 2. The molecule has 0 fully saturated rings. The van der Waals surface area contributed by atoms with Gasteiger partial charge in [-0.2, -0.15) is 0 Å². The van der Waals surface area contributed by atoms with Crippen molar-refractivity contribution in [3.8, 4) is 0 Å². The fourth-order valence-electron chi connectivity index (χ4n) is 1.94. The fourth-order valence-corrected chi connectivity index (χ4v) is 1.94. The van der Waals surface area contributed by atoms with Gasteiger partial charge in [0.15, 0.2) is 0 Å². The van der Waals surface area contributed by atoms with E-state index in [1.807, 2.05) is 0 Å². The summed E-state index contributed by atoms with van der Waals surface area (Å²) in [4.78, 5) is 4.87. The van der Waals surface area contributed by atoms with Crippen LogP contribution >= 0.6 is 0 Å². The maximum atomic E-state index is 2.57. The molecule has 0 bridgehead atoms. The van der Waals surface area contributed by atoms with Gasteiger partial charge in [-0.05, 0) is 68.1 Å². The van der Waals surface area contributed by atoms with E-state index in [1.54, 1.807) is 0 Å². The zero-order chi connectivity index (χ0) is 12.0. The van der Waals surface area contributed by atoms with Crippen molar-refractivity contribution in [1.82, 2.24) is 9.80 Å². The fraction of sp³-hybridized carbons (Fsp3) is 1.00. The molecular formula is C13H30N2. The highest BCUT2D eigenvalue weighted by Crippen LogP contribution is 2.09. The zero-order valence-electron chi connectivity index (χ0n) is 11.7. The van der Waals surface area contributed by atoms with E-state index in [4.69, 9.17) is 0 Å². The molecule has 0 saturated heterocycles. The zero-order valence-corrected chi connectivity index (χ0v) is 11.7. The average molecular weight is 214 g/mol. The Morgan fingerprint density at radius 3 is 1.67 bits per heavy atom. The van der Waals surface area contributed by atoms with Crippen LogP contribution in [0.5, 0.6) is 0 Å². The Labute approximate surface area is 96.6 Å². The maximum absolute atomic E-state index is 2.57. The first kappa shape index (κ1) is 14.9. The van der Waals surface area contributed by atoms with E-state index >= 15 is 0 Å². The lowest BCUT2D eigenvalue weighted by Crippen LogP contribution is -2.38. The van der Waals surface area contributed by atoms with E-state index in [9.17, 15) is 0 Å². The molecular weight excluding hydrogens is 184 g/mol. The molecule has 0 rings (SSSR count). The smallest absolute Gasteiger partial charge is 0.00613 e. The lowest BCUT2D eigenvalue weighted by atomic mass is 10.1. The van der Waals surface area contributed by atoms with Crippen LogP contribution in [-0.4, -0.2) is 48.6 Å². The number of hydrogen-bond donors (Lipinski definition) is 0. The molecule has 0 N–H and O–H groups in total. The van der Waals surface area contributed by atoms with Crippen molar-refractivity contribution in [2.45, 2.75) is 65.6 Å². The van der Waals surface area contributed by atoms with Gasteiger partial charge in [0, 0.05) is 18.1 Å². The molecule has 0 saturated carbocycles. The molecule has 0 aliphatic rings. The van der Waals surface area contributed by atoms with Gasteiger partial charge in [-0.3, -0.25) is 4.90 Å². The summed E-state index contributed by atoms with van der Waals surface area (Å²) in [7, 11) is 4.32. The topological polar surface area (TPSA) is 6.48 Å². The maximum Gasteiger partial charge on any atom is 0.00613 e. The predicted octanol–water partition coefficient (Wildman–Crippen LogP) is 2.84. The summed E-state index contributed by atoms with van der Waals surface area (Å²) in [6.07, 6.45) is 2.60. The van der Waals surface area contributed by atoms with Gasteiger partial charge in [-0.1, -0.05) is 0 Å². The molecule has 92 valence electrons. The summed E-state index contributed by atoms with van der Waals surface area (Å²) in [5.41, 5.74) is 0. The van der Waals surface area contributed by atoms with Gasteiger partial charge in [0.1, 0.15) is 0 Å². The lowest BCUT2D eigenvalue weighted by Gasteiger charge is -2.31. The van der Waals surface area contributed by atoms with Crippen molar-refractivity contribution in [1.29, 1.82) is 0 Å². The van der Waals surface area contributed by atoms with Crippen LogP contribution in [0.3, 0.4) is 0 Å². The highest BCUT2D eigenvalue weighted by Gasteiger charge is 2.13. The Morgan fingerprint density at radius 1 is 0.867 bits per heavy atom. The number of rotatable bonds is 7. The van der Waals surface area contributed by atoms with Crippen molar-refractivity contribution in [2.24, 2.45) is 0 Å². The normalized spacial score (nSPS) is 14.6. The highest BCUT2D eigenvalue weighted by molar-refractivity contribution is 4.69. The Balaban J connectivity index is 3.81. The van der Waals surface area contributed by atoms with Gasteiger partial charge in [0.25, 0.3) is 0 Å².